The van der Waals surface area contributed by atoms with Gasteiger partial charge in [0.2, 0.25) is 15.9 Å². The van der Waals surface area contributed by atoms with E-state index in [0.717, 1.165) is 6.26 Å². The quantitative estimate of drug-likeness (QED) is 0.344. The van der Waals surface area contributed by atoms with Crippen molar-refractivity contribution < 1.29 is 41.1 Å². The topological polar surface area (TPSA) is 160 Å². The van der Waals surface area contributed by atoms with Crippen molar-refractivity contribution in [2.24, 2.45) is 0 Å². The Labute approximate surface area is 203 Å². The molecule has 2 amide bonds. The van der Waals surface area contributed by atoms with Gasteiger partial charge in [0.05, 0.1) is 36.1 Å². The van der Waals surface area contributed by atoms with Crippen LogP contribution in [0.2, 0.25) is 0 Å². The molecule has 0 aliphatic carbocycles. The van der Waals surface area contributed by atoms with Gasteiger partial charge in [0.15, 0.2) is 9.84 Å². The van der Waals surface area contributed by atoms with Crippen molar-refractivity contribution in [1.82, 2.24) is 14.7 Å². The summed E-state index contributed by atoms with van der Waals surface area (Å²) in [5.41, 5.74) is 1.37. The van der Waals surface area contributed by atoms with Crippen LogP contribution in [0.4, 0.5) is 0 Å². The average molecular weight is 528 g/mol. The number of sulfonamides is 1. The van der Waals surface area contributed by atoms with Gasteiger partial charge in [-0.25, -0.2) is 22.3 Å². The molecule has 12 nitrogen and oxygen atoms in total. The largest absolute Gasteiger partial charge is 0.457 e. The van der Waals surface area contributed by atoms with Crippen molar-refractivity contribution in [3.05, 3.63) is 48.5 Å². The molecule has 14 heteroatoms. The predicted octanol–water partition coefficient (Wildman–Crippen LogP) is 0.237. The normalized spacial score (nSPS) is 14.5. The highest BCUT2D eigenvalue weighted by atomic mass is 32.2. The van der Waals surface area contributed by atoms with E-state index < -0.39 is 44.8 Å². The molecule has 0 radical (unpaired) electrons. The maximum absolute atomic E-state index is 13.2. The fraction of sp³-hybridized carbons (Fsp3) is 0.333. The van der Waals surface area contributed by atoms with E-state index >= 15 is 0 Å². The third-order valence-corrected chi connectivity index (χ3v) is 8.00. The van der Waals surface area contributed by atoms with Crippen LogP contribution < -0.4 is 10.2 Å². The lowest BCUT2D eigenvalue weighted by Gasteiger charge is -2.29. The number of hydroxylamine groups is 1. The van der Waals surface area contributed by atoms with Crippen LogP contribution in [0, 0.1) is 0 Å². The first kappa shape index (κ1) is 26.6. The number of carbonyl (C=O) groups excluding carboxylic acids is 2. The summed E-state index contributed by atoms with van der Waals surface area (Å²) in [6, 6.07) is 11.0. The van der Waals surface area contributed by atoms with Gasteiger partial charge in [-0.1, -0.05) is 0 Å². The van der Waals surface area contributed by atoms with Crippen LogP contribution in [-0.4, -0.2) is 88.7 Å². The third-order valence-electron chi connectivity index (χ3n) is 5.07. The summed E-state index contributed by atoms with van der Waals surface area (Å²) in [4.78, 5) is 25.7. The van der Waals surface area contributed by atoms with Gasteiger partial charge >= 0.3 is 0 Å². The first-order chi connectivity index (χ1) is 16.5. The van der Waals surface area contributed by atoms with Gasteiger partial charge in [-0.3, -0.25) is 14.8 Å². The Kier molecular flexibility index (Phi) is 8.45. The molecule has 3 rings (SSSR count). The van der Waals surface area contributed by atoms with Gasteiger partial charge in [-0.05, 0) is 48.5 Å². The zero-order valence-corrected chi connectivity index (χ0v) is 20.4. The van der Waals surface area contributed by atoms with Crippen molar-refractivity contribution in [2.45, 2.75) is 9.79 Å². The van der Waals surface area contributed by atoms with Crippen LogP contribution in [0.15, 0.2) is 58.3 Å². The Morgan fingerprint density at radius 2 is 1.46 bits per heavy atom. The van der Waals surface area contributed by atoms with E-state index in [4.69, 9.17) is 14.7 Å². The Morgan fingerprint density at radius 1 is 0.943 bits per heavy atom. The monoisotopic (exact) mass is 527 g/mol. The first-order valence-electron chi connectivity index (χ1n) is 10.4. The molecule has 2 N–H and O–H groups in total. The zero-order valence-electron chi connectivity index (χ0n) is 18.8. The number of ether oxygens (including phenoxy) is 2. The molecule has 2 aromatic carbocycles. The maximum Gasteiger partial charge on any atom is 0.258 e. The van der Waals surface area contributed by atoms with E-state index in [1.807, 2.05) is 0 Å². The first-order valence-corrected chi connectivity index (χ1v) is 13.7. The van der Waals surface area contributed by atoms with Crippen molar-refractivity contribution in [1.29, 1.82) is 0 Å². The zero-order chi connectivity index (χ0) is 25.6. The minimum Gasteiger partial charge on any atom is -0.457 e. The molecule has 0 unspecified atom stereocenters. The van der Waals surface area contributed by atoms with Crippen LogP contribution in [0.3, 0.4) is 0 Å². The second kappa shape index (κ2) is 11.1. The van der Waals surface area contributed by atoms with Crippen LogP contribution in [0.1, 0.15) is 0 Å². The molecule has 190 valence electrons. The second-order valence-electron chi connectivity index (χ2n) is 7.62. The van der Waals surface area contributed by atoms with Gasteiger partial charge < -0.3 is 14.4 Å². The lowest BCUT2D eigenvalue weighted by Crippen LogP contribution is -2.49. The van der Waals surface area contributed by atoms with E-state index in [-0.39, 0.29) is 15.5 Å². The van der Waals surface area contributed by atoms with Crippen LogP contribution >= 0.6 is 0 Å². The predicted molar refractivity (Wildman–Crippen MR) is 122 cm³/mol. The van der Waals surface area contributed by atoms with Crippen LogP contribution in [0.25, 0.3) is 0 Å². The number of morpholine rings is 1. The summed E-state index contributed by atoms with van der Waals surface area (Å²) < 4.78 is 61.0. The van der Waals surface area contributed by atoms with Gasteiger partial charge in [0.1, 0.15) is 11.5 Å². The summed E-state index contributed by atoms with van der Waals surface area (Å²) in [6.45, 7) is -0.102. The number of carbonyl (C=O) groups is 2. The molecule has 0 spiro atoms. The van der Waals surface area contributed by atoms with Crippen molar-refractivity contribution >= 4 is 31.7 Å². The molecular weight excluding hydrogens is 502 g/mol. The second-order valence-corrected chi connectivity index (χ2v) is 11.6. The highest BCUT2D eigenvalue weighted by Gasteiger charge is 2.31. The smallest absolute Gasteiger partial charge is 0.258 e. The lowest BCUT2D eigenvalue weighted by molar-refractivity contribution is -0.136. The van der Waals surface area contributed by atoms with Gasteiger partial charge in [-0.2, -0.15) is 4.31 Å². The number of nitrogens with one attached hydrogen (secondary N) is 1. The third kappa shape index (κ3) is 6.99. The highest BCUT2D eigenvalue weighted by Crippen LogP contribution is 2.25. The van der Waals surface area contributed by atoms with Gasteiger partial charge in [0.25, 0.3) is 5.91 Å². The molecule has 1 saturated heterocycles. The fourth-order valence-corrected chi connectivity index (χ4v) is 5.18. The minimum absolute atomic E-state index is 0.130. The van der Waals surface area contributed by atoms with E-state index in [1.165, 1.54) is 58.9 Å². The van der Waals surface area contributed by atoms with Gasteiger partial charge in [-0.15, -0.1) is 0 Å². The Balaban J connectivity index is 1.76. The van der Waals surface area contributed by atoms with E-state index in [1.54, 1.807) is 0 Å². The van der Waals surface area contributed by atoms with Crippen LogP contribution in [0.5, 0.6) is 11.5 Å². The lowest BCUT2D eigenvalue weighted by atomic mass is 10.3. The Morgan fingerprint density at radius 3 is 1.94 bits per heavy atom. The number of hydrogen-bond donors (Lipinski definition) is 2. The van der Waals surface area contributed by atoms with E-state index in [0.29, 0.717) is 36.4 Å². The average Bonchev–Trinajstić information content (AvgIpc) is 2.84. The molecule has 1 heterocycles. The highest BCUT2D eigenvalue weighted by molar-refractivity contribution is 7.90. The van der Waals surface area contributed by atoms with Crippen LogP contribution in [-0.2, 0) is 34.2 Å². The molecule has 0 atom stereocenters. The number of amides is 2. The molecule has 0 aromatic heterocycles. The molecule has 1 fully saturated rings. The Bertz CT molecular complexity index is 1260. The van der Waals surface area contributed by atoms with Crippen molar-refractivity contribution in [3.8, 4) is 11.5 Å². The minimum atomic E-state index is -4.29. The number of sulfone groups is 1. The molecule has 1 aliphatic rings. The number of nitrogens with zero attached hydrogens (tertiary/aromatic N) is 2. The summed E-state index contributed by atoms with van der Waals surface area (Å²) in [5, 5.41) is 8.86. The summed E-state index contributed by atoms with van der Waals surface area (Å²) in [6.07, 6.45) is 1.09. The molecule has 1 aliphatic heterocycles. The summed E-state index contributed by atoms with van der Waals surface area (Å²) in [7, 11) is -7.64. The standard InChI is InChI=1S/C21H25N3O9S2/c1-34(28,29)18-6-2-16(3-7-18)33-17-4-8-19(9-5-17)35(30,31)24(14-20(25)22-27)15-21(26)23-10-12-32-13-11-23/h2-9,27H,10-15H2,1H3,(H,22,25). The molecular formula is C21H25N3O9S2. The molecule has 0 saturated carbocycles. The maximum atomic E-state index is 13.2. The Hall–Kier alpha value is -3.04. The molecule has 0 bridgehead atoms. The van der Waals surface area contributed by atoms with E-state index in [9.17, 15) is 26.4 Å². The number of benzene rings is 2. The fourth-order valence-electron chi connectivity index (χ4n) is 3.20. The molecule has 35 heavy (non-hydrogen) atoms. The number of hydrogen-bond acceptors (Lipinski definition) is 9. The number of rotatable bonds is 9. The van der Waals surface area contributed by atoms with E-state index in [2.05, 4.69) is 0 Å². The van der Waals surface area contributed by atoms with Gasteiger partial charge in [0, 0.05) is 19.3 Å². The van der Waals surface area contributed by atoms with Crippen molar-refractivity contribution in [2.75, 3.05) is 45.6 Å². The molecule has 2 aromatic rings. The summed E-state index contributed by atoms with van der Waals surface area (Å²) >= 11 is 0. The van der Waals surface area contributed by atoms with Crippen molar-refractivity contribution in [3.63, 3.8) is 0 Å². The summed E-state index contributed by atoms with van der Waals surface area (Å²) in [5.74, 6) is -0.883. The SMILES string of the molecule is CS(=O)(=O)c1ccc(Oc2ccc(S(=O)(=O)N(CC(=O)NO)CC(=O)N3CCOCC3)cc2)cc1.